The number of hydrogen-bond acceptors (Lipinski definition) is 0. The van der Waals surface area contributed by atoms with Crippen LogP contribution in [-0.4, -0.2) is 0 Å². The first-order chi connectivity index (χ1) is 9.61. The second-order valence-electron chi connectivity index (χ2n) is 6.65. The fraction of sp³-hybridized carbons (Fsp3) is 0.800. The monoisotopic (exact) mass is 278 g/mol. The third-order valence-electron chi connectivity index (χ3n) is 4.47. The van der Waals surface area contributed by atoms with Gasteiger partial charge in [0.05, 0.1) is 0 Å². The molecule has 0 amide bonds. The molecule has 0 aromatic rings. The van der Waals surface area contributed by atoms with E-state index in [1.807, 2.05) is 6.08 Å². The summed E-state index contributed by atoms with van der Waals surface area (Å²) in [5, 5.41) is 0. The molecule has 0 N–H and O–H groups in total. The lowest BCUT2D eigenvalue weighted by molar-refractivity contribution is 0.391. The summed E-state index contributed by atoms with van der Waals surface area (Å²) in [7, 11) is 0. The first kappa shape index (κ1) is 19.5. The van der Waals surface area contributed by atoms with E-state index in [0.29, 0.717) is 0 Å². The van der Waals surface area contributed by atoms with Crippen LogP contribution in [0.3, 0.4) is 0 Å². The molecule has 20 heavy (non-hydrogen) atoms. The summed E-state index contributed by atoms with van der Waals surface area (Å²) in [6, 6.07) is 0. The van der Waals surface area contributed by atoms with Crippen molar-refractivity contribution < 1.29 is 0 Å². The topological polar surface area (TPSA) is 0 Å². The molecule has 0 spiro atoms. The largest absolute Gasteiger partial charge is 0.103 e. The minimum Gasteiger partial charge on any atom is -0.103 e. The summed E-state index contributed by atoms with van der Waals surface area (Å²) in [5.74, 6) is 1.64. The molecule has 0 aromatic carbocycles. The molecule has 0 saturated carbocycles. The van der Waals surface area contributed by atoms with Crippen molar-refractivity contribution in [2.45, 2.75) is 91.4 Å². The van der Waals surface area contributed by atoms with Crippen molar-refractivity contribution in [3.63, 3.8) is 0 Å². The van der Waals surface area contributed by atoms with E-state index in [-0.39, 0.29) is 0 Å². The maximum absolute atomic E-state index is 4.20. The Labute approximate surface area is 128 Å². The van der Waals surface area contributed by atoms with E-state index in [4.69, 9.17) is 0 Å². The van der Waals surface area contributed by atoms with Crippen LogP contribution < -0.4 is 0 Å². The lowest BCUT2D eigenvalue weighted by atomic mass is 9.86. The Morgan fingerprint density at radius 1 is 0.950 bits per heavy atom. The van der Waals surface area contributed by atoms with Crippen molar-refractivity contribution in [1.82, 2.24) is 0 Å². The van der Waals surface area contributed by atoms with Gasteiger partial charge in [0.25, 0.3) is 0 Å². The molecule has 2 atom stereocenters. The average Bonchev–Trinajstić information content (AvgIpc) is 2.42. The van der Waals surface area contributed by atoms with Gasteiger partial charge in [-0.15, -0.1) is 6.58 Å². The van der Waals surface area contributed by atoms with Crippen LogP contribution in [0.5, 0.6) is 0 Å². The zero-order valence-electron chi connectivity index (χ0n) is 14.4. The van der Waals surface area contributed by atoms with E-state index in [9.17, 15) is 0 Å². The minimum absolute atomic E-state index is 0.748. The van der Waals surface area contributed by atoms with Crippen LogP contribution in [0.4, 0.5) is 0 Å². The van der Waals surface area contributed by atoms with E-state index >= 15 is 0 Å². The van der Waals surface area contributed by atoms with Gasteiger partial charge in [0, 0.05) is 0 Å². The third kappa shape index (κ3) is 11.3. The Morgan fingerprint density at radius 2 is 1.65 bits per heavy atom. The first-order valence-corrected chi connectivity index (χ1v) is 8.88. The molecule has 118 valence electrons. The van der Waals surface area contributed by atoms with E-state index in [2.05, 4.69) is 33.9 Å². The molecule has 0 heteroatoms. The average molecular weight is 279 g/mol. The van der Waals surface area contributed by atoms with E-state index in [0.717, 1.165) is 18.3 Å². The van der Waals surface area contributed by atoms with Gasteiger partial charge >= 0.3 is 0 Å². The van der Waals surface area contributed by atoms with Crippen molar-refractivity contribution in [3.8, 4) is 0 Å². The van der Waals surface area contributed by atoms with Gasteiger partial charge in [-0.25, -0.2) is 0 Å². The molecule has 0 fully saturated rings. The summed E-state index contributed by atoms with van der Waals surface area (Å²) in [6.45, 7) is 14.9. The Bertz CT molecular complexity index is 238. The predicted octanol–water partition coefficient (Wildman–Crippen LogP) is 7.31. The van der Waals surface area contributed by atoms with Crippen LogP contribution in [0.2, 0.25) is 0 Å². The summed E-state index contributed by atoms with van der Waals surface area (Å²) >= 11 is 0. The van der Waals surface area contributed by atoms with Gasteiger partial charge in [-0.3, -0.25) is 0 Å². The Hall–Kier alpha value is -0.520. The summed E-state index contributed by atoms with van der Waals surface area (Å²) < 4.78 is 0. The van der Waals surface area contributed by atoms with Gasteiger partial charge in [-0.05, 0) is 44.4 Å². The highest BCUT2D eigenvalue weighted by atomic mass is 14.2. The van der Waals surface area contributed by atoms with Crippen molar-refractivity contribution in [1.29, 1.82) is 0 Å². The van der Waals surface area contributed by atoms with Crippen molar-refractivity contribution in [3.05, 3.63) is 24.8 Å². The predicted molar refractivity (Wildman–Crippen MR) is 94.1 cm³/mol. The van der Waals surface area contributed by atoms with Crippen LogP contribution in [-0.2, 0) is 0 Å². The fourth-order valence-corrected chi connectivity index (χ4v) is 2.87. The molecule has 0 aromatic heterocycles. The summed E-state index contributed by atoms with van der Waals surface area (Å²) in [6.07, 6.45) is 16.9. The lowest BCUT2D eigenvalue weighted by Crippen LogP contribution is -2.05. The SMILES string of the molecule is C=CCCCCC(CCC(C)CCCCCC)C(=C)C. The van der Waals surface area contributed by atoms with Gasteiger partial charge in [0.1, 0.15) is 0 Å². The molecular weight excluding hydrogens is 240 g/mol. The maximum atomic E-state index is 4.20. The van der Waals surface area contributed by atoms with E-state index < -0.39 is 0 Å². The van der Waals surface area contributed by atoms with Crippen molar-refractivity contribution >= 4 is 0 Å². The molecule has 0 saturated heterocycles. The van der Waals surface area contributed by atoms with Gasteiger partial charge in [-0.1, -0.05) is 77.0 Å². The van der Waals surface area contributed by atoms with Gasteiger partial charge in [0.15, 0.2) is 0 Å². The molecule has 0 bridgehead atoms. The standard InChI is InChI=1S/C20H38/c1-6-8-10-12-14-19(5)16-17-20(18(3)4)15-13-11-9-7-2/h7,19-20H,2-3,6,8-17H2,1,4-5H3. The van der Waals surface area contributed by atoms with E-state index in [1.54, 1.807) is 0 Å². The van der Waals surface area contributed by atoms with Gasteiger partial charge < -0.3 is 0 Å². The molecule has 0 nitrogen and oxygen atoms in total. The van der Waals surface area contributed by atoms with Crippen molar-refractivity contribution in [2.75, 3.05) is 0 Å². The number of allylic oxidation sites excluding steroid dienone is 2. The zero-order chi connectivity index (χ0) is 15.2. The van der Waals surface area contributed by atoms with Crippen LogP contribution in [0.25, 0.3) is 0 Å². The van der Waals surface area contributed by atoms with Crippen LogP contribution in [0.1, 0.15) is 91.4 Å². The highest BCUT2D eigenvalue weighted by Crippen LogP contribution is 2.26. The summed E-state index contributed by atoms with van der Waals surface area (Å²) in [4.78, 5) is 0. The third-order valence-corrected chi connectivity index (χ3v) is 4.47. The molecule has 0 aliphatic carbocycles. The smallest absolute Gasteiger partial charge is 0.0209 e. The molecule has 0 rings (SSSR count). The first-order valence-electron chi connectivity index (χ1n) is 8.88. The molecule has 0 radical (unpaired) electrons. The Kier molecular flexibility index (Phi) is 13.1. The minimum atomic E-state index is 0.748. The van der Waals surface area contributed by atoms with Crippen LogP contribution >= 0.6 is 0 Å². The zero-order valence-corrected chi connectivity index (χ0v) is 14.4. The van der Waals surface area contributed by atoms with Crippen molar-refractivity contribution in [2.24, 2.45) is 11.8 Å². The molecular formula is C20H38. The number of hydrogen-bond donors (Lipinski definition) is 0. The van der Waals surface area contributed by atoms with E-state index in [1.165, 1.54) is 69.8 Å². The molecule has 0 aliphatic rings. The molecule has 2 unspecified atom stereocenters. The number of unbranched alkanes of at least 4 members (excludes halogenated alkanes) is 5. The maximum Gasteiger partial charge on any atom is -0.0209 e. The van der Waals surface area contributed by atoms with Gasteiger partial charge in [-0.2, -0.15) is 0 Å². The molecule has 0 aliphatic heterocycles. The van der Waals surface area contributed by atoms with Crippen LogP contribution in [0, 0.1) is 11.8 Å². The van der Waals surface area contributed by atoms with Crippen LogP contribution in [0.15, 0.2) is 24.8 Å². The van der Waals surface area contributed by atoms with Gasteiger partial charge in [0.2, 0.25) is 0 Å². The Balaban J connectivity index is 3.77. The highest BCUT2D eigenvalue weighted by molar-refractivity contribution is 4.96. The number of rotatable bonds is 14. The second kappa shape index (κ2) is 13.5. The quantitative estimate of drug-likeness (QED) is 0.231. The normalized spacial score (nSPS) is 13.9. The Morgan fingerprint density at radius 3 is 2.25 bits per heavy atom. The lowest BCUT2D eigenvalue weighted by Gasteiger charge is -2.19. The second-order valence-corrected chi connectivity index (χ2v) is 6.65. The molecule has 0 heterocycles. The fourth-order valence-electron chi connectivity index (χ4n) is 2.87. The highest BCUT2D eigenvalue weighted by Gasteiger charge is 2.11. The summed E-state index contributed by atoms with van der Waals surface area (Å²) in [5.41, 5.74) is 1.39.